The SMILES string of the molecule is O=C(NC(=S)Nc1ccc(-c2nc3ccccc3[nH]2)cc1)c1cccc2c(Br)cccc12. The number of nitrogens with zero attached hydrogens (tertiary/aromatic N) is 1. The number of thiocarbonyl (C=S) groups is 1. The number of fused-ring (bicyclic) bond motifs is 2. The summed E-state index contributed by atoms with van der Waals surface area (Å²) in [7, 11) is 0. The van der Waals surface area contributed by atoms with E-state index in [0.29, 0.717) is 5.56 Å². The summed E-state index contributed by atoms with van der Waals surface area (Å²) in [5.74, 6) is 0.542. The van der Waals surface area contributed by atoms with Crippen molar-refractivity contribution in [1.82, 2.24) is 15.3 Å². The van der Waals surface area contributed by atoms with Crippen molar-refractivity contribution in [2.24, 2.45) is 0 Å². The molecule has 1 aromatic heterocycles. The molecule has 0 radical (unpaired) electrons. The molecule has 0 spiro atoms. The highest BCUT2D eigenvalue weighted by Crippen LogP contribution is 2.26. The zero-order valence-corrected chi connectivity index (χ0v) is 19.1. The minimum atomic E-state index is -0.259. The van der Waals surface area contributed by atoms with E-state index in [2.05, 4.69) is 36.5 Å². The lowest BCUT2D eigenvalue weighted by Crippen LogP contribution is -2.34. The minimum absolute atomic E-state index is 0.235. The Labute approximate surface area is 198 Å². The first-order valence-corrected chi connectivity index (χ1v) is 11.1. The number of aromatic amines is 1. The summed E-state index contributed by atoms with van der Waals surface area (Å²) in [5.41, 5.74) is 4.22. The van der Waals surface area contributed by atoms with Gasteiger partial charge in [0.2, 0.25) is 0 Å². The fraction of sp³-hybridized carbons (Fsp3) is 0. The van der Waals surface area contributed by atoms with Crippen molar-refractivity contribution >= 4 is 66.7 Å². The van der Waals surface area contributed by atoms with Gasteiger partial charge in [0, 0.05) is 21.3 Å². The van der Waals surface area contributed by atoms with E-state index >= 15 is 0 Å². The summed E-state index contributed by atoms with van der Waals surface area (Å²) in [6, 6.07) is 27.0. The van der Waals surface area contributed by atoms with Crippen LogP contribution in [0.15, 0.2) is 89.4 Å². The molecule has 5 aromatic rings. The molecule has 0 saturated heterocycles. The standard InChI is InChI=1S/C25H17BrN4OS/c26-20-8-4-5-17-18(20)6-3-7-19(17)24(31)30-25(32)27-16-13-11-15(12-14-16)23-28-21-9-1-2-10-22(21)29-23/h1-14H,(H,28,29)(H2,27,30,31,32). The first-order chi connectivity index (χ1) is 15.6. The number of hydrogen-bond donors (Lipinski definition) is 3. The number of aromatic nitrogens is 2. The van der Waals surface area contributed by atoms with Crippen molar-refractivity contribution in [3.8, 4) is 11.4 Å². The summed E-state index contributed by atoms with van der Waals surface area (Å²) in [6.45, 7) is 0. The lowest BCUT2D eigenvalue weighted by molar-refractivity contribution is 0.0979. The van der Waals surface area contributed by atoms with Crippen LogP contribution in [0.1, 0.15) is 10.4 Å². The molecule has 0 saturated carbocycles. The first-order valence-electron chi connectivity index (χ1n) is 9.93. The van der Waals surface area contributed by atoms with E-state index in [0.717, 1.165) is 43.4 Å². The van der Waals surface area contributed by atoms with Crippen molar-refractivity contribution in [3.05, 3.63) is 95.0 Å². The fourth-order valence-electron chi connectivity index (χ4n) is 3.60. The maximum atomic E-state index is 12.8. The van der Waals surface area contributed by atoms with E-state index in [-0.39, 0.29) is 11.0 Å². The van der Waals surface area contributed by atoms with Gasteiger partial charge in [-0.25, -0.2) is 4.98 Å². The van der Waals surface area contributed by atoms with Crippen LogP contribution < -0.4 is 10.6 Å². The molecule has 32 heavy (non-hydrogen) atoms. The average molecular weight is 501 g/mol. The molecule has 0 unspecified atom stereocenters. The Morgan fingerprint density at radius 1 is 0.875 bits per heavy atom. The monoisotopic (exact) mass is 500 g/mol. The van der Waals surface area contributed by atoms with Gasteiger partial charge in [0.25, 0.3) is 5.91 Å². The molecule has 0 atom stereocenters. The van der Waals surface area contributed by atoms with E-state index in [1.54, 1.807) is 6.07 Å². The predicted octanol–water partition coefficient (Wildman–Crippen LogP) is 6.27. The zero-order chi connectivity index (χ0) is 22.1. The van der Waals surface area contributed by atoms with Crippen molar-refractivity contribution < 1.29 is 4.79 Å². The van der Waals surface area contributed by atoms with Crippen LogP contribution in [0.2, 0.25) is 0 Å². The fourth-order valence-corrected chi connectivity index (χ4v) is 4.31. The molecule has 0 aliphatic carbocycles. The summed E-state index contributed by atoms with van der Waals surface area (Å²) in [6.07, 6.45) is 0. The molecule has 156 valence electrons. The van der Waals surface area contributed by atoms with Gasteiger partial charge in [-0.15, -0.1) is 0 Å². The third-order valence-corrected chi connectivity index (χ3v) is 6.04. The number of benzene rings is 4. The van der Waals surface area contributed by atoms with E-state index in [4.69, 9.17) is 12.2 Å². The number of nitrogens with one attached hydrogen (secondary N) is 3. The van der Waals surface area contributed by atoms with E-state index in [9.17, 15) is 4.79 Å². The predicted molar refractivity (Wildman–Crippen MR) is 137 cm³/mol. The number of hydrogen-bond acceptors (Lipinski definition) is 3. The molecule has 7 heteroatoms. The van der Waals surface area contributed by atoms with Crippen LogP contribution >= 0.6 is 28.1 Å². The molecule has 4 aromatic carbocycles. The lowest BCUT2D eigenvalue weighted by Gasteiger charge is -2.12. The van der Waals surface area contributed by atoms with Crippen LogP contribution in [0.5, 0.6) is 0 Å². The van der Waals surface area contributed by atoms with Gasteiger partial charge in [-0.1, -0.05) is 52.3 Å². The number of halogens is 1. The molecule has 0 bridgehead atoms. The molecule has 1 amide bonds. The summed E-state index contributed by atoms with van der Waals surface area (Å²) in [4.78, 5) is 20.8. The molecule has 0 aliphatic rings. The summed E-state index contributed by atoms with van der Waals surface area (Å²) >= 11 is 8.89. The number of H-pyrrole nitrogens is 1. The van der Waals surface area contributed by atoms with Crippen LogP contribution in [0.25, 0.3) is 33.2 Å². The van der Waals surface area contributed by atoms with Gasteiger partial charge in [0.15, 0.2) is 5.11 Å². The number of carbonyl (C=O) groups is 1. The van der Waals surface area contributed by atoms with E-state index in [1.165, 1.54) is 0 Å². The molecule has 5 rings (SSSR count). The first kappa shape index (κ1) is 20.4. The van der Waals surface area contributed by atoms with Gasteiger partial charge in [-0.2, -0.15) is 0 Å². The van der Waals surface area contributed by atoms with Gasteiger partial charge in [0.05, 0.1) is 11.0 Å². The molecule has 0 aliphatic heterocycles. The Bertz CT molecular complexity index is 1440. The normalized spacial score (nSPS) is 10.9. The maximum Gasteiger partial charge on any atom is 0.258 e. The van der Waals surface area contributed by atoms with Crippen LogP contribution in [0.3, 0.4) is 0 Å². The second kappa shape index (κ2) is 8.53. The van der Waals surface area contributed by atoms with Crippen molar-refractivity contribution in [2.75, 3.05) is 5.32 Å². The second-order valence-corrected chi connectivity index (χ2v) is 8.49. The van der Waals surface area contributed by atoms with Crippen LogP contribution in [0, 0.1) is 0 Å². The Balaban J connectivity index is 1.29. The van der Waals surface area contributed by atoms with Crippen LogP contribution in [-0.4, -0.2) is 21.0 Å². The van der Waals surface area contributed by atoms with Gasteiger partial charge in [0.1, 0.15) is 5.82 Å². The van der Waals surface area contributed by atoms with Gasteiger partial charge in [-0.3, -0.25) is 10.1 Å². The minimum Gasteiger partial charge on any atom is -0.338 e. The smallest absolute Gasteiger partial charge is 0.258 e. The second-order valence-electron chi connectivity index (χ2n) is 7.23. The quantitative estimate of drug-likeness (QED) is 0.255. The molecule has 1 heterocycles. The molecule has 0 fully saturated rings. The van der Waals surface area contributed by atoms with Crippen molar-refractivity contribution in [3.63, 3.8) is 0 Å². The third kappa shape index (κ3) is 4.00. The van der Waals surface area contributed by atoms with Crippen LogP contribution in [0.4, 0.5) is 5.69 Å². The topological polar surface area (TPSA) is 69.8 Å². The number of carbonyl (C=O) groups excluding carboxylic acids is 1. The molecule has 3 N–H and O–H groups in total. The van der Waals surface area contributed by atoms with E-state index < -0.39 is 0 Å². The lowest BCUT2D eigenvalue weighted by atomic mass is 10.0. The van der Waals surface area contributed by atoms with Gasteiger partial charge >= 0.3 is 0 Å². The Morgan fingerprint density at radius 3 is 2.44 bits per heavy atom. The zero-order valence-electron chi connectivity index (χ0n) is 16.7. The largest absolute Gasteiger partial charge is 0.338 e. The Hall–Kier alpha value is -3.55. The number of imidazole rings is 1. The summed E-state index contributed by atoms with van der Waals surface area (Å²) < 4.78 is 0.940. The highest BCUT2D eigenvalue weighted by Gasteiger charge is 2.13. The van der Waals surface area contributed by atoms with Crippen LogP contribution in [-0.2, 0) is 0 Å². The van der Waals surface area contributed by atoms with Crippen molar-refractivity contribution in [2.45, 2.75) is 0 Å². The van der Waals surface area contributed by atoms with Gasteiger partial charge in [-0.05, 0) is 71.5 Å². The Morgan fingerprint density at radius 2 is 1.62 bits per heavy atom. The van der Waals surface area contributed by atoms with Crippen molar-refractivity contribution in [1.29, 1.82) is 0 Å². The number of anilines is 1. The number of rotatable bonds is 3. The van der Waals surface area contributed by atoms with Gasteiger partial charge < -0.3 is 10.3 Å². The number of para-hydroxylation sites is 2. The highest BCUT2D eigenvalue weighted by atomic mass is 79.9. The maximum absolute atomic E-state index is 12.8. The Kier molecular flexibility index (Phi) is 5.43. The summed E-state index contributed by atoms with van der Waals surface area (Å²) in [5, 5.41) is 7.90. The van der Waals surface area contributed by atoms with E-state index in [1.807, 2.05) is 78.9 Å². The molecular weight excluding hydrogens is 484 g/mol. The number of amides is 1. The third-order valence-electron chi connectivity index (χ3n) is 5.15. The average Bonchev–Trinajstić information content (AvgIpc) is 3.24. The molecular formula is C25H17BrN4OS. The molecule has 5 nitrogen and oxygen atoms in total. The highest BCUT2D eigenvalue weighted by molar-refractivity contribution is 9.10.